The Morgan fingerprint density at radius 2 is 2.30 bits per heavy atom. The van der Waals surface area contributed by atoms with Crippen LogP contribution in [0.4, 0.5) is 4.79 Å². The Bertz CT molecular complexity index is 454. The predicted molar refractivity (Wildman–Crippen MR) is 76.5 cm³/mol. The van der Waals surface area contributed by atoms with Crippen molar-refractivity contribution in [3.05, 3.63) is 17.5 Å². The molecule has 0 spiro atoms. The van der Waals surface area contributed by atoms with Gasteiger partial charge < -0.3 is 15.7 Å². The zero-order valence-corrected chi connectivity index (χ0v) is 12.2. The lowest BCUT2D eigenvalue weighted by molar-refractivity contribution is 0.0348. The molecule has 20 heavy (non-hydrogen) atoms. The number of nitrogens with zero attached hydrogens (tertiary/aromatic N) is 1. The summed E-state index contributed by atoms with van der Waals surface area (Å²) in [5.41, 5.74) is 1.55. The Morgan fingerprint density at radius 3 is 3.00 bits per heavy atom. The highest BCUT2D eigenvalue weighted by atomic mass is 16.3. The van der Waals surface area contributed by atoms with E-state index in [4.69, 9.17) is 0 Å². The van der Waals surface area contributed by atoms with Gasteiger partial charge in [0.25, 0.3) is 0 Å². The van der Waals surface area contributed by atoms with Crippen LogP contribution in [0.25, 0.3) is 0 Å². The number of aromatic amines is 1. The number of aliphatic hydroxyl groups is 1. The molecule has 1 aliphatic rings. The van der Waals surface area contributed by atoms with Gasteiger partial charge in [-0.05, 0) is 37.7 Å². The van der Waals surface area contributed by atoms with Crippen molar-refractivity contribution in [2.45, 2.75) is 57.6 Å². The van der Waals surface area contributed by atoms with Gasteiger partial charge in [-0.15, -0.1) is 0 Å². The molecular formula is C14H24N4O2. The van der Waals surface area contributed by atoms with Gasteiger partial charge >= 0.3 is 6.03 Å². The van der Waals surface area contributed by atoms with E-state index >= 15 is 0 Å². The minimum absolute atomic E-state index is 0.136. The molecule has 0 bridgehead atoms. The molecule has 2 amide bonds. The maximum atomic E-state index is 11.9. The molecule has 1 aliphatic carbocycles. The van der Waals surface area contributed by atoms with E-state index in [1.54, 1.807) is 0 Å². The lowest BCUT2D eigenvalue weighted by atomic mass is 9.94. The van der Waals surface area contributed by atoms with Gasteiger partial charge in [0.05, 0.1) is 11.8 Å². The Labute approximate surface area is 119 Å². The first-order chi connectivity index (χ1) is 9.56. The van der Waals surface area contributed by atoms with Gasteiger partial charge in [-0.25, -0.2) is 4.79 Å². The summed E-state index contributed by atoms with van der Waals surface area (Å²) in [5, 5.41) is 22.9. The third-order valence-corrected chi connectivity index (χ3v) is 4.25. The maximum absolute atomic E-state index is 11.9. The smallest absolute Gasteiger partial charge is 0.315 e. The van der Waals surface area contributed by atoms with E-state index in [0.29, 0.717) is 12.8 Å². The molecule has 4 N–H and O–H groups in total. The molecule has 6 nitrogen and oxygen atoms in total. The molecular weight excluding hydrogens is 256 g/mol. The second-order valence-electron chi connectivity index (χ2n) is 5.57. The number of hydrogen-bond donors (Lipinski definition) is 4. The fourth-order valence-electron chi connectivity index (χ4n) is 2.52. The van der Waals surface area contributed by atoms with Crippen molar-refractivity contribution in [2.75, 3.05) is 6.54 Å². The van der Waals surface area contributed by atoms with Crippen LogP contribution in [0.5, 0.6) is 0 Å². The average Bonchev–Trinajstić information content (AvgIpc) is 2.92. The molecule has 1 atom stereocenters. The second-order valence-corrected chi connectivity index (χ2v) is 5.57. The second kappa shape index (κ2) is 6.26. The summed E-state index contributed by atoms with van der Waals surface area (Å²) in [6, 6.07) is -0.0706. The Kier molecular flexibility index (Phi) is 4.65. The van der Waals surface area contributed by atoms with Crippen molar-refractivity contribution in [1.29, 1.82) is 0 Å². The molecule has 112 valence electrons. The van der Waals surface area contributed by atoms with Crippen LogP contribution in [0.15, 0.2) is 6.20 Å². The van der Waals surface area contributed by atoms with Gasteiger partial charge in [0, 0.05) is 18.3 Å². The summed E-state index contributed by atoms with van der Waals surface area (Å²) >= 11 is 0. The number of aromatic nitrogens is 2. The van der Waals surface area contributed by atoms with Crippen LogP contribution in [0.2, 0.25) is 0 Å². The molecule has 6 heteroatoms. The average molecular weight is 280 g/mol. The predicted octanol–water partition coefficient (Wildman–Crippen LogP) is 1.12. The Morgan fingerprint density at radius 1 is 1.55 bits per heavy atom. The number of carbonyl (C=O) groups excluding carboxylic acids is 1. The van der Waals surface area contributed by atoms with Gasteiger partial charge in [-0.2, -0.15) is 5.10 Å². The minimum atomic E-state index is -0.804. The van der Waals surface area contributed by atoms with E-state index in [9.17, 15) is 9.90 Å². The molecule has 0 saturated carbocycles. The van der Waals surface area contributed by atoms with Crippen molar-refractivity contribution in [3.63, 3.8) is 0 Å². The summed E-state index contributed by atoms with van der Waals surface area (Å²) in [7, 11) is 0. The van der Waals surface area contributed by atoms with Crippen molar-refractivity contribution in [2.24, 2.45) is 0 Å². The van der Waals surface area contributed by atoms with E-state index in [1.807, 2.05) is 20.0 Å². The summed E-state index contributed by atoms with van der Waals surface area (Å²) in [6.07, 6.45) is 5.72. The molecule has 0 saturated heterocycles. The summed E-state index contributed by atoms with van der Waals surface area (Å²) in [4.78, 5) is 11.9. The van der Waals surface area contributed by atoms with Crippen LogP contribution < -0.4 is 10.6 Å². The molecule has 0 aromatic carbocycles. The first-order valence-corrected chi connectivity index (χ1v) is 7.34. The van der Waals surface area contributed by atoms with E-state index < -0.39 is 5.60 Å². The highest BCUT2D eigenvalue weighted by Gasteiger charge is 2.25. The van der Waals surface area contributed by atoms with E-state index in [0.717, 1.165) is 19.3 Å². The van der Waals surface area contributed by atoms with Crippen LogP contribution in [0.1, 0.15) is 44.4 Å². The lowest BCUT2D eigenvalue weighted by Gasteiger charge is -2.27. The van der Waals surface area contributed by atoms with Crippen molar-refractivity contribution in [1.82, 2.24) is 20.8 Å². The highest BCUT2D eigenvalue weighted by Crippen LogP contribution is 2.18. The van der Waals surface area contributed by atoms with Crippen LogP contribution in [-0.2, 0) is 12.8 Å². The molecule has 0 aliphatic heterocycles. The van der Waals surface area contributed by atoms with Gasteiger partial charge in [0.15, 0.2) is 0 Å². The SMILES string of the molecule is CCC(O)(CC)CNC(=O)NC1CCc2[nH]ncc2C1. The lowest BCUT2D eigenvalue weighted by Crippen LogP contribution is -2.49. The molecule has 2 rings (SSSR count). The fourth-order valence-corrected chi connectivity index (χ4v) is 2.52. The summed E-state index contributed by atoms with van der Waals surface area (Å²) < 4.78 is 0. The topological polar surface area (TPSA) is 90.0 Å². The number of nitrogens with one attached hydrogen (secondary N) is 3. The number of hydrogen-bond acceptors (Lipinski definition) is 3. The van der Waals surface area contributed by atoms with Crippen LogP contribution >= 0.6 is 0 Å². The van der Waals surface area contributed by atoms with Gasteiger partial charge in [0.1, 0.15) is 0 Å². The number of rotatable bonds is 5. The van der Waals surface area contributed by atoms with Gasteiger partial charge in [-0.1, -0.05) is 13.8 Å². The quantitative estimate of drug-likeness (QED) is 0.651. The molecule has 1 heterocycles. The zero-order valence-electron chi connectivity index (χ0n) is 12.2. The van der Waals surface area contributed by atoms with Crippen LogP contribution in [0.3, 0.4) is 0 Å². The first kappa shape index (κ1) is 14.8. The third kappa shape index (κ3) is 3.50. The third-order valence-electron chi connectivity index (χ3n) is 4.25. The number of amides is 2. The molecule has 1 aromatic rings. The van der Waals surface area contributed by atoms with E-state index in [1.165, 1.54) is 11.3 Å². The number of aryl methyl sites for hydroxylation is 1. The number of H-pyrrole nitrogens is 1. The molecule has 0 radical (unpaired) electrons. The van der Waals surface area contributed by atoms with Crippen molar-refractivity contribution < 1.29 is 9.90 Å². The Balaban J connectivity index is 1.78. The standard InChI is InChI=1S/C14H24N4O2/c1-3-14(20,4-2)9-15-13(19)17-11-5-6-12-10(7-11)8-16-18-12/h8,11,20H,3-7,9H2,1-2H3,(H,16,18)(H2,15,17,19). The van der Waals surface area contributed by atoms with E-state index in [2.05, 4.69) is 20.8 Å². The summed E-state index contributed by atoms with van der Waals surface area (Å²) in [6.45, 7) is 4.13. The maximum Gasteiger partial charge on any atom is 0.315 e. The minimum Gasteiger partial charge on any atom is -0.388 e. The van der Waals surface area contributed by atoms with Gasteiger partial charge in [0.2, 0.25) is 0 Å². The zero-order chi connectivity index (χ0) is 14.6. The normalized spacial score (nSPS) is 18.4. The molecule has 0 fully saturated rings. The number of fused-ring (bicyclic) bond motifs is 1. The first-order valence-electron chi connectivity index (χ1n) is 7.34. The summed E-state index contributed by atoms with van der Waals surface area (Å²) in [5.74, 6) is 0. The fraction of sp³-hybridized carbons (Fsp3) is 0.714. The molecule has 1 unspecified atom stereocenters. The van der Waals surface area contributed by atoms with Crippen molar-refractivity contribution >= 4 is 6.03 Å². The largest absolute Gasteiger partial charge is 0.388 e. The highest BCUT2D eigenvalue weighted by molar-refractivity contribution is 5.74. The van der Waals surface area contributed by atoms with Gasteiger partial charge in [-0.3, -0.25) is 5.10 Å². The molecule has 1 aromatic heterocycles. The monoisotopic (exact) mass is 280 g/mol. The number of urea groups is 1. The van der Waals surface area contributed by atoms with Crippen molar-refractivity contribution in [3.8, 4) is 0 Å². The Hall–Kier alpha value is -1.56. The number of carbonyl (C=O) groups is 1. The van der Waals surface area contributed by atoms with Crippen LogP contribution in [-0.4, -0.2) is 39.5 Å². The van der Waals surface area contributed by atoms with Crippen LogP contribution in [0, 0.1) is 0 Å². The van der Waals surface area contributed by atoms with E-state index in [-0.39, 0.29) is 18.6 Å².